The summed E-state index contributed by atoms with van der Waals surface area (Å²) in [5.74, 6) is 0.0320. The van der Waals surface area contributed by atoms with Gasteiger partial charge in [-0.2, -0.15) is 13.2 Å². The van der Waals surface area contributed by atoms with Crippen LogP contribution in [0.25, 0.3) is 0 Å². The number of nitrogens with zero attached hydrogens (tertiary/aromatic N) is 2. The zero-order valence-corrected chi connectivity index (χ0v) is 13.7. The standard InChI is InChI=1S/C17H14ClF3N2O2/c18-14-4-2-1-3-11(14)7-16(24)23-9-13(10-23)25-15-6-5-12(8-22-15)17(19,20)21/h1-6,8,13H,7,9-10H2. The largest absolute Gasteiger partial charge is 0.471 e. The predicted molar refractivity (Wildman–Crippen MR) is 85.4 cm³/mol. The second kappa shape index (κ2) is 6.92. The van der Waals surface area contributed by atoms with Crippen molar-refractivity contribution in [3.8, 4) is 5.88 Å². The van der Waals surface area contributed by atoms with Crippen LogP contribution in [0, 0.1) is 0 Å². The summed E-state index contributed by atoms with van der Waals surface area (Å²) < 4.78 is 42.9. The molecule has 0 atom stereocenters. The van der Waals surface area contributed by atoms with Crippen molar-refractivity contribution in [1.29, 1.82) is 0 Å². The maximum absolute atomic E-state index is 12.5. The molecule has 8 heteroatoms. The fraction of sp³-hybridized carbons (Fsp3) is 0.294. The van der Waals surface area contributed by atoms with E-state index in [-0.39, 0.29) is 24.3 Å². The van der Waals surface area contributed by atoms with Crippen molar-refractivity contribution in [3.63, 3.8) is 0 Å². The van der Waals surface area contributed by atoms with Gasteiger partial charge < -0.3 is 9.64 Å². The summed E-state index contributed by atoms with van der Waals surface area (Å²) in [4.78, 5) is 17.4. The molecule has 0 radical (unpaired) electrons. The minimum atomic E-state index is -4.43. The van der Waals surface area contributed by atoms with E-state index in [1.165, 1.54) is 6.07 Å². The van der Waals surface area contributed by atoms with Crippen LogP contribution in [0.2, 0.25) is 5.02 Å². The van der Waals surface area contributed by atoms with E-state index in [2.05, 4.69) is 4.98 Å². The first-order chi connectivity index (χ1) is 11.8. The van der Waals surface area contributed by atoms with Gasteiger partial charge in [0.05, 0.1) is 25.1 Å². The Hall–Kier alpha value is -2.28. The quantitative estimate of drug-likeness (QED) is 0.826. The molecule has 0 unspecified atom stereocenters. The lowest BCUT2D eigenvalue weighted by atomic mass is 10.1. The molecule has 3 rings (SSSR count). The zero-order chi connectivity index (χ0) is 18.0. The number of benzene rings is 1. The normalized spacial score (nSPS) is 15.0. The molecular weight excluding hydrogens is 357 g/mol. The van der Waals surface area contributed by atoms with Crippen molar-refractivity contribution in [3.05, 3.63) is 58.7 Å². The number of hydrogen-bond donors (Lipinski definition) is 0. The maximum atomic E-state index is 12.5. The summed E-state index contributed by atoms with van der Waals surface area (Å²) in [6.45, 7) is 0.734. The number of aromatic nitrogens is 1. The second-order valence-electron chi connectivity index (χ2n) is 5.69. The highest BCUT2D eigenvalue weighted by Crippen LogP contribution is 2.29. The number of hydrogen-bond acceptors (Lipinski definition) is 3. The summed E-state index contributed by atoms with van der Waals surface area (Å²) in [5.41, 5.74) is -0.0760. The SMILES string of the molecule is O=C(Cc1ccccc1Cl)N1CC(Oc2ccc(C(F)(F)F)cn2)C1. The molecule has 1 saturated heterocycles. The van der Waals surface area contributed by atoms with Gasteiger partial charge in [0, 0.05) is 17.3 Å². The average molecular weight is 371 g/mol. The topological polar surface area (TPSA) is 42.4 Å². The third-order valence-electron chi connectivity index (χ3n) is 3.85. The van der Waals surface area contributed by atoms with Crippen molar-refractivity contribution in [2.45, 2.75) is 18.7 Å². The zero-order valence-electron chi connectivity index (χ0n) is 13.0. The summed E-state index contributed by atoms with van der Waals surface area (Å²) >= 11 is 6.03. The van der Waals surface area contributed by atoms with E-state index in [0.29, 0.717) is 18.1 Å². The lowest BCUT2D eigenvalue weighted by Gasteiger charge is -2.38. The molecule has 1 aliphatic rings. The van der Waals surface area contributed by atoms with Gasteiger partial charge in [-0.05, 0) is 17.7 Å². The van der Waals surface area contributed by atoms with E-state index in [4.69, 9.17) is 16.3 Å². The molecule has 2 aromatic rings. The third kappa shape index (κ3) is 4.22. The molecule has 132 valence electrons. The molecule has 0 spiro atoms. The highest BCUT2D eigenvalue weighted by atomic mass is 35.5. The molecular formula is C17H14ClF3N2O2. The number of amides is 1. The van der Waals surface area contributed by atoms with Crippen molar-refractivity contribution in [2.75, 3.05) is 13.1 Å². The van der Waals surface area contributed by atoms with Crippen molar-refractivity contribution in [2.24, 2.45) is 0 Å². The van der Waals surface area contributed by atoms with Gasteiger partial charge in [-0.15, -0.1) is 0 Å². The number of likely N-dealkylation sites (tertiary alicyclic amines) is 1. The minimum absolute atomic E-state index is 0.0756. The number of alkyl halides is 3. The Labute approximate surface area is 147 Å². The van der Waals surface area contributed by atoms with Crippen LogP contribution in [0.4, 0.5) is 13.2 Å². The molecule has 1 amide bonds. The van der Waals surface area contributed by atoms with Crippen LogP contribution in [0.15, 0.2) is 42.6 Å². The van der Waals surface area contributed by atoms with Gasteiger partial charge in [0.15, 0.2) is 0 Å². The predicted octanol–water partition coefficient (Wildman–Crippen LogP) is 3.59. The molecule has 1 aromatic heterocycles. The number of halogens is 4. The summed E-state index contributed by atoms with van der Waals surface area (Å²) in [6.07, 6.45) is -3.78. The van der Waals surface area contributed by atoms with Crippen molar-refractivity contribution >= 4 is 17.5 Å². The second-order valence-corrected chi connectivity index (χ2v) is 6.10. The Bertz CT molecular complexity index is 759. The molecule has 0 N–H and O–H groups in total. The highest BCUT2D eigenvalue weighted by molar-refractivity contribution is 6.31. The molecule has 0 saturated carbocycles. The van der Waals surface area contributed by atoms with E-state index in [1.54, 1.807) is 23.1 Å². The van der Waals surface area contributed by atoms with Gasteiger partial charge in [0.1, 0.15) is 6.10 Å². The number of carbonyl (C=O) groups excluding carboxylic acids is 1. The first-order valence-electron chi connectivity index (χ1n) is 7.54. The number of pyridine rings is 1. The maximum Gasteiger partial charge on any atom is 0.417 e. The van der Waals surface area contributed by atoms with Gasteiger partial charge in [0.25, 0.3) is 0 Å². The third-order valence-corrected chi connectivity index (χ3v) is 4.22. The first kappa shape index (κ1) is 17.5. The van der Waals surface area contributed by atoms with Crippen molar-refractivity contribution < 1.29 is 22.7 Å². The van der Waals surface area contributed by atoms with E-state index in [9.17, 15) is 18.0 Å². The number of ether oxygens (including phenoxy) is 1. The van der Waals surface area contributed by atoms with Crippen LogP contribution < -0.4 is 4.74 Å². The van der Waals surface area contributed by atoms with Gasteiger partial charge in [-0.3, -0.25) is 4.79 Å². The molecule has 1 fully saturated rings. The fourth-order valence-corrected chi connectivity index (χ4v) is 2.62. The van der Waals surface area contributed by atoms with E-state index in [1.807, 2.05) is 6.07 Å². The summed E-state index contributed by atoms with van der Waals surface area (Å²) in [5, 5.41) is 0.540. The fourth-order valence-electron chi connectivity index (χ4n) is 2.42. The smallest absolute Gasteiger partial charge is 0.417 e. The Balaban J connectivity index is 1.49. The van der Waals surface area contributed by atoms with E-state index >= 15 is 0 Å². The molecule has 1 aromatic carbocycles. The van der Waals surface area contributed by atoms with Gasteiger partial charge in [-0.1, -0.05) is 29.8 Å². The molecule has 1 aliphatic heterocycles. The molecule has 25 heavy (non-hydrogen) atoms. The van der Waals surface area contributed by atoms with Crippen LogP contribution in [0.1, 0.15) is 11.1 Å². The van der Waals surface area contributed by atoms with Crippen LogP contribution >= 0.6 is 11.6 Å². The Kier molecular flexibility index (Phi) is 4.85. The summed E-state index contributed by atoms with van der Waals surface area (Å²) in [6, 6.07) is 9.22. The number of rotatable bonds is 4. The lowest BCUT2D eigenvalue weighted by molar-refractivity contribution is -0.140. The van der Waals surface area contributed by atoms with Crippen LogP contribution in [0.3, 0.4) is 0 Å². The van der Waals surface area contributed by atoms with Crippen LogP contribution in [-0.4, -0.2) is 35.0 Å². The van der Waals surface area contributed by atoms with Crippen LogP contribution in [0.5, 0.6) is 5.88 Å². The molecule has 4 nitrogen and oxygen atoms in total. The van der Waals surface area contributed by atoms with Crippen molar-refractivity contribution in [1.82, 2.24) is 9.88 Å². The van der Waals surface area contributed by atoms with Gasteiger partial charge >= 0.3 is 6.18 Å². The molecule has 2 heterocycles. The van der Waals surface area contributed by atoms with Gasteiger partial charge in [0.2, 0.25) is 11.8 Å². The Morgan fingerprint density at radius 3 is 2.56 bits per heavy atom. The highest BCUT2D eigenvalue weighted by Gasteiger charge is 2.33. The average Bonchev–Trinajstić information content (AvgIpc) is 2.52. The molecule has 0 aliphatic carbocycles. The lowest BCUT2D eigenvalue weighted by Crippen LogP contribution is -2.56. The van der Waals surface area contributed by atoms with Crippen LogP contribution in [-0.2, 0) is 17.4 Å². The van der Waals surface area contributed by atoms with Gasteiger partial charge in [-0.25, -0.2) is 4.98 Å². The van der Waals surface area contributed by atoms with E-state index < -0.39 is 11.7 Å². The first-order valence-corrected chi connectivity index (χ1v) is 7.92. The summed E-state index contributed by atoms with van der Waals surface area (Å²) in [7, 11) is 0. The monoisotopic (exact) mass is 370 g/mol. The van der Waals surface area contributed by atoms with E-state index in [0.717, 1.165) is 17.8 Å². The molecule has 0 bridgehead atoms. The Morgan fingerprint density at radius 1 is 1.24 bits per heavy atom. The number of carbonyl (C=O) groups is 1. The minimum Gasteiger partial charge on any atom is -0.471 e. The Morgan fingerprint density at radius 2 is 1.96 bits per heavy atom.